The molecule has 1 amide bonds. The van der Waals surface area contributed by atoms with Gasteiger partial charge >= 0.3 is 0 Å². The number of benzene rings is 2. The fourth-order valence-corrected chi connectivity index (χ4v) is 3.07. The fraction of sp³-hybridized carbons (Fsp3) is 0.133. The first-order valence-electron chi connectivity index (χ1n) is 6.25. The number of primary amides is 1. The van der Waals surface area contributed by atoms with Crippen molar-refractivity contribution in [1.82, 2.24) is 0 Å². The Morgan fingerprint density at radius 1 is 1.10 bits per heavy atom. The third-order valence-electron chi connectivity index (χ3n) is 2.77. The molecule has 2 rings (SSSR count). The van der Waals surface area contributed by atoms with E-state index in [1.165, 1.54) is 11.8 Å². The van der Waals surface area contributed by atoms with E-state index in [2.05, 4.69) is 5.32 Å². The predicted octanol–water partition coefficient (Wildman–Crippen LogP) is 4.18. The Kier molecular flexibility index (Phi) is 5.79. The van der Waals surface area contributed by atoms with Gasteiger partial charge in [0.2, 0.25) is 5.91 Å². The Morgan fingerprint density at radius 3 is 2.43 bits per heavy atom. The van der Waals surface area contributed by atoms with Crippen molar-refractivity contribution in [3.63, 3.8) is 0 Å². The van der Waals surface area contributed by atoms with E-state index in [-0.39, 0.29) is 11.7 Å². The summed E-state index contributed by atoms with van der Waals surface area (Å²) in [6, 6.07) is 13.1. The lowest BCUT2D eigenvalue weighted by Gasteiger charge is -2.13. The first-order valence-corrected chi connectivity index (χ1v) is 7.99. The Balaban J connectivity index is 2.11. The molecule has 6 heteroatoms. The molecule has 3 N–H and O–H groups in total. The van der Waals surface area contributed by atoms with Gasteiger partial charge in [0, 0.05) is 32.7 Å². The lowest BCUT2D eigenvalue weighted by Crippen LogP contribution is -2.13. The Hall–Kier alpha value is -1.36. The normalized spacial score (nSPS) is 10.4. The molecule has 0 heterocycles. The van der Waals surface area contributed by atoms with Crippen LogP contribution in [0.3, 0.4) is 0 Å². The quantitative estimate of drug-likeness (QED) is 0.775. The van der Waals surface area contributed by atoms with E-state index in [9.17, 15) is 4.79 Å². The molecular weight excluding hydrogens is 327 g/mol. The summed E-state index contributed by atoms with van der Waals surface area (Å²) in [6.07, 6.45) is 0. The molecule has 0 aromatic heterocycles. The number of amides is 1. The van der Waals surface area contributed by atoms with Crippen molar-refractivity contribution in [3.8, 4) is 0 Å². The summed E-state index contributed by atoms with van der Waals surface area (Å²) < 4.78 is 0. The van der Waals surface area contributed by atoms with Gasteiger partial charge < -0.3 is 11.1 Å². The number of nitrogens with two attached hydrogens (primary N) is 1. The highest BCUT2D eigenvalue weighted by atomic mass is 35.5. The van der Waals surface area contributed by atoms with Gasteiger partial charge in [0.25, 0.3) is 0 Å². The molecule has 3 nitrogen and oxygen atoms in total. The Bertz CT molecular complexity index is 629. The number of hydrogen-bond acceptors (Lipinski definition) is 3. The van der Waals surface area contributed by atoms with Gasteiger partial charge in [-0.1, -0.05) is 41.4 Å². The molecule has 0 radical (unpaired) electrons. The van der Waals surface area contributed by atoms with Gasteiger partial charge in [0.05, 0.1) is 5.75 Å². The van der Waals surface area contributed by atoms with Crippen LogP contribution in [0, 0.1) is 0 Å². The fourth-order valence-electron chi connectivity index (χ4n) is 1.77. The van der Waals surface area contributed by atoms with E-state index in [0.717, 1.165) is 16.1 Å². The number of nitrogens with one attached hydrogen (secondary N) is 1. The smallest absolute Gasteiger partial charge is 0.227 e. The highest BCUT2D eigenvalue weighted by molar-refractivity contribution is 8.00. The zero-order chi connectivity index (χ0) is 15.2. The molecule has 2 aromatic carbocycles. The van der Waals surface area contributed by atoms with Crippen molar-refractivity contribution < 1.29 is 4.79 Å². The molecule has 110 valence electrons. The van der Waals surface area contributed by atoms with Gasteiger partial charge in [-0.2, -0.15) is 0 Å². The lowest BCUT2D eigenvalue weighted by atomic mass is 10.2. The summed E-state index contributed by atoms with van der Waals surface area (Å²) in [6.45, 7) is 0.507. The molecule has 0 aliphatic heterocycles. The SMILES string of the molecule is NC(=O)CSc1ccccc1NCc1c(Cl)cccc1Cl. The monoisotopic (exact) mass is 340 g/mol. The highest BCUT2D eigenvalue weighted by Crippen LogP contribution is 2.29. The van der Waals surface area contributed by atoms with E-state index in [4.69, 9.17) is 28.9 Å². The van der Waals surface area contributed by atoms with Crippen molar-refractivity contribution in [2.75, 3.05) is 11.1 Å². The van der Waals surface area contributed by atoms with Crippen molar-refractivity contribution >= 4 is 46.6 Å². The molecule has 0 saturated carbocycles. The maximum absolute atomic E-state index is 10.9. The largest absolute Gasteiger partial charge is 0.380 e. The number of halogens is 2. The zero-order valence-corrected chi connectivity index (χ0v) is 13.4. The molecular formula is C15H14Cl2N2OS. The number of thioether (sulfide) groups is 1. The molecule has 0 fully saturated rings. The van der Waals surface area contributed by atoms with E-state index < -0.39 is 0 Å². The first kappa shape index (κ1) is 16.0. The summed E-state index contributed by atoms with van der Waals surface area (Å²) >= 11 is 13.7. The van der Waals surface area contributed by atoms with E-state index in [1.54, 1.807) is 12.1 Å². The summed E-state index contributed by atoms with van der Waals surface area (Å²) in [7, 11) is 0. The van der Waals surface area contributed by atoms with Crippen molar-refractivity contribution in [3.05, 3.63) is 58.1 Å². The second kappa shape index (κ2) is 7.59. The van der Waals surface area contributed by atoms with Crippen LogP contribution < -0.4 is 11.1 Å². The Morgan fingerprint density at radius 2 is 1.76 bits per heavy atom. The van der Waals surface area contributed by atoms with Crippen molar-refractivity contribution in [1.29, 1.82) is 0 Å². The van der Waals surface area contributed by atoms with Gasteiger partial charge in [0.15, 0.2) is 0 Å². The predicted molar refractivity (Wildman–Crippen MR) is 90.1 cm³/mol. The van der Waals surface area contributed by atoms with Crippen molar-refractivity contribution in [2.45, 2.75) is 11.4 Å². The van der Waals surface area contributed by atoms with Crippen LogP contribution in [-0.4, -0.2) is 11.7 Å². The van der Waals surface area contributed by atoms with Crippen LogP contribution in [0.25, 0.3) is 0 Å². The molecule has 0 spiro atoms. The molecule has 2 aromatic rings. The zero-order valence-electron chi connectivity index (χ0n) is 11.1. The summed E-state index contributed by atoms with van der Waals surface area (Å²) in [5, 5.41) is 4.54. The Labute approximate surface area is 137 Å². The minimum atomic E-state index is -0.344. The first-order chi connectivity index (χ1) is 10.1. The third-order valence-corrected chi connectivity index (χ3v) is 4.58. The van der Waals surface area contributed by atoms with Crippen LogP contribution >= 0.6 is 35.0 Å². The molecule has 0 bridgehead atoms. The van der Waals surface area contributed by atoms with Crippen LogP contribution in [0.15, 0.2) is 47.4 Å². The van der Waals surface area contributed by atoms with Crippen LogP contribution in [0.2, 0.25) is 10.0 Å². The van der Waals surface area contributed by atoms with Crippen LogP contribution in [0.4, 0.5) is 5.69 Å². The summed E-state index contributed by atoms with van der Waals surface area (Å²) in [4.78, 5) is 11.9. The average molecular weight is 341 g/mol. The number of rotatable bonds is 6. The topological polar surface area (TPSA) is 55.1 Å². The molecule has 0 atom stereocenters. The van der Waals surface area contributed by atoms with Gasteiger partial charge in [-0.25, -0.2) is 0 Å². The maximum atomic E-state index is 10.9. The molecule has 0 aliphatic carbocycles. The second-order valence-electron chi connectivity index (χ2n) is 4.30. The number of hydrogen-bond donors (Lipinski definition) is 2. The number of anilines is 1. The van der Waals surface area contributed by atoms with Gasteiger partial charge in [-0.05, 0) is 24.3 Å². The van der Waals surface area contributed by atoms with Gasteiger partial charge in [-0.15, -0.1) is 11.8 Å². The summed E-state index contributed by atoms with van der Waals surface area (Å²) in [5.74, 6) is -0.102. The average Bonchev–Trinajstić information content (AvgIpc) is 2.45. The molecule has 21 heavy (non-hydrogen) atoms. The van der Waals surface area contributed by atoms with Gasteiger partial charge in [-0.3, -0.25) is 4.79 Å². The van der Waals surface area contributed by atoms with E-state index >= 15 is 0 Å². The maximum Gasteiger partial charge on any atom is 0.227 e. The molecule has 0 saturated heterocycles. The van der Waals surface area contributed by atoms with Gasteiger partial charge in [0.1, 0.15) is 0 Å². The third kappa shape index (κ3) is 4.56. The van der Waals surface area contributed by atoms with Crippen LogP contribution in [0.5, 0.6) is 0 Å². The minimum absolute atomic E-state index is 0.242. The molecule has 0 aliphatic rings. The second-order valence-corrected chi connectivity index (χ2v) is 6.14. The number of carbonyl (C=O) groups is 1. The standard InChI is InChI=1S/C15H14Cl2N2OS/c16-11-4-3-5-12(17)10(11)8-19-13-6-1-2-7-14(13)21-9-15(18)20/h1-7,19H,8-9H2,(H2,18,20). The van der Waals surface area contributed by atoms with Crippen molar-refractivity contribution in [2.24, 2.45) is 5.73 Å². The molecule has 0 unspecified atom stereocenters. The van der Waals surface area contributed by atoms with Crippen LogP contribution in [0.1, 0.15) is 5.56 Å². The summed E-state index contributed by atoms with van der Waals surface area (Å²) in [5.41, 5.74) is 6.94. The number of carbonyl (C=O) groups excluding carboxylic acids is 1. The van der Waals surface area contributed by atoms with E-state index in [0.29, 0.717) is 16.6 Å². The minimum Gasteiger partial charge on any atom is -0.380 e. The lowest BCUT2D eigenvalue weighted by molar-refractivity contribution is -0.115. The van der Waals surface area contributed by atoms with E-state index in [1.807, 2.05) is 30.3 Å². The number of para-hydroxylation sites is 1. The highest BCUT2D eigenvalue weighted by Gasteiger charge is 2.08. The van der Waals surface area contributed by atoms with Crippen LogP contribution in [-0.2, 0) is 11.3 Å².